The van der Waals surface area contributed by atoms with E-state index < -0.39 is 12.1 Å². The second kappa shape index (κ2) is 6.25. The summed E-state index contributed by atoms with van der Waals surface area (Å²) in [6, 6.07) is 5.42. The van der Waals surface area contributed by atoms with Crippen molar-refractivity contribution < 1.29 is 19.4 Å². The smallest absolute Gasteiger partial charge is 0.335 e. The summed E-state index contributed by atoms with van der Waals surface area (Å²) in [6.45, 7) is 3.87. The van der Waals surface area contributed by atoms with Crippen molar-refractivity contribution in [2.45, 2.75) is 26.4 Å². The van der Waals surface area contributed by atoms with Gasteiger partial charge < -0.3 is 14.6 Å². The molecule has 1 N–H and O–H groups in total. The van der Waals surface area contributed by atoms with Gasteiger partial charge in [-0.3, -0.25) is 0 Å². The van der Waals surface area contributed by atoms with Gasteiger partial charge in [0.05, 0.1) is 6.61 Å². The molecule has 0 radical (unpaired) electrons. The molecule has 1 unspecified atom stereocenters. The second-order valence-corrected chi connectivity index (χ2v) is 3.76. The fourth-order valence-electron chi connectivity index (χ4n) is 1.58. The average molecular weight is 238 g/mol. The summed E-state index contributed by atoms with van der Waals surface area (Å²) < 4.78 is 9.97. The number of hydrogen-bond acceptors (Lipinski definition) is 4. The van der Waals surface area contributed by atoms with Gasteiger partial charge in [0, 0.05) is 13.5 Å². The number of phenols is 1. The van der Waals surface area contributed by atoms with Crippen molar-refractivity contribution in [2.24, 2.45) is 0 Å². The number of methoxy groups -OCH3 is 1. The predicted molar refractivity (Wildman–Crippen MR) is 64.0 cm³/mol. The third-order valence-corrected chi connectivity index (χ3v) is 2.56. The summed E-state index contributed by atoms with van der Waals surface area (Å²) in [7, 11) is 1.45. The molecule has 0 amide bonds. The quantitative estimate of drug-likeness (QED) is 0.795. The summed E-state index contributed by atoms with van der Waals surface area (Å²) in [5.74, 6) is -0.199. The molecular weight excluding hydrogens is 220 g/mol. The van der Waals surface area contributed by atoms with Crippen molar-refractivity contribution in [2.75, 3.05) is 13.7 Å². The van der Waals surface area contributed by atoms with Crippen molar-refractivity contribution in [3.8, 4) is 5.75 Å². The minimum Gasteiger partial charge on any atom is -0.507 e. The van der Waals surface area contributed by atoms with Gasteiger partial charge in [-0.25, -0.2) is 4.79 Å². The number of para-hydroxylation sites is 1. The minimum atomic E-state index is -0.678. The minimum absolute atomic E-state index is 0.207. The van der Waals surface area contributed by atoms with E-state index in [9.17, 15) is 9.90 Å². The topological polar surface area (TPSA) is 55.8 Å². The maximum Gasteiger partial charge on any atom is 0.335 e. The maximum atomic E-state index is 11.5. The van der Waals surface area contributed by atoms with Gasteiger partial charge in [-0.1, -0.05) is 18.2 Å². The van der Waals surface area contributed by atoms with Crippen molar-refractivity contribution in [1.29, 1.82) is 0 Å². The molecule has 0 spiro atoms. The third kappa shape index (κ3) is 3.46. The van der Waals surface area contributed by atoms with Crippen molar-refractivity contribution in [3.05, 3.63) is 29.3 Å². The van der Waals surface area contributed by atoms with Gasteiger partial charge in [0.25, 0.3) is 0 Å². The lowest BCUT2D eigenvalue weighted by atomic mass is 10.0. The summed E-state index contributed by atoms with van der Waals surface area (Å²) in [6.07, 6.45) is -0.370. The molecule has 1 aromatic carbocycles. The van der Waals surface area contributed by atoms with E-state index in [0.29, 0.717) is 18.6 Å². The summed E-state index contributed by atoms with van der Waals surface area (Å²) >= 11 is 0. The van der Waals surface area contributed by atoms with Gasteiger partial charge in [-0.2, -0.15) is 0 Å². The van der Waals surface area contributed by atoms with Crippen LogP contribution in [0.15, 0.2) is 18.2 Å². The van der Waals surface area contributed by atoms with Crippen molar-refractivity contribution in [1.82, 2.24) is 0 Å². The molecule has 17 heavy (non-hydrogen) atoms. The molecule has 4 nitrogen and oxygen atoms in total. The standard InChI is InChI=1S/C13H18O4/c1-4-17-13(15)11(16-3)8-10-7-5-6-9(2)12(10)14/h5-7,11,14H,4,8H2,1-3H3. The number of aromatic hydroxyl groups is 1. The Bertz CT molecular complexity index is 387. The average Bonchev–Trinajstić information content (AvgIpc) is 2.31. The molecule has 0 aromatic heterocycles. The second-order valence-electron chi connectivity index (χ2n) is 3.76. The molecule has 0 heterocycles. The Labute approximate surface area is 101 Å². The van der Waals surface area contributed by atoms with Crippen LogP contribution >= 0.6 is 0 Å². The molecule has 1 atom stereocenters. The zero-order valence-electron chi connectivity index (χ0n) is 10.4. The number of esters is 1. The van der Waals surface area contributed by atoms with Crippen LogP contribution in [0, 0.1) is 6.92 Å². The first kappa shape index (κ1) is 13.5. The molecule has 0 saturated heterocycles. The van der Waals surface area contributed by atoms with Crippen LogP contribution in [0.4, 0.5) is 0 Å². The Morgan fingerprint density at radius 2 is 2.18 bits per heavy atom. The number of rotatable bonds is 5. The third-order valence-electron chi connectivity index (χ3n) is 2.56. The first-order valence-electron chi connectivity index (χ1n) is 5.57. The maximum absolute atomic E-state index is 11.5. The van der Waals surface area contributed by atoms with Crippen LogP contribution in [0.5, 0.6) is 5.75 Å². The van der Waals surface area contributed by atoms with Crippen LogP contribution in [0.3, 0.4) is 0 Å². The van der Waals surface area contributed by atoms with Crippen LogP contribution in [0.25, 0.3) is 0 Å². The molecule has 0 bridgehead atoms. The van der Waals surface area contributed by atoms with E-state index in [-0.39, 0.29) is 5.75 Å². The van der Waals surface area contributed by atoms with E-state index in [0.717, 1.165) is 5.56 Å². The molecule has 0 saturated carbocycles. The zero-order chi connectivity index (χ0) is 12.8. The molecular formula is C13H18O4. The Balaban J connectivity index is 2.80. The van der Waals surface area contributed by atoms with E-state index in [2.05, 4.69) is 0 Å². The van der Waals surface area contributed by atoms with Crippen LogP contribution in [-0.4, -0.2) is 30.9 Å². The molecule has 1 rings (SSSR count). The molecule has 4 heteroatoms. The van der Waals surface area contributed by atoms with Crippen molar-refractivity contribution >= 4 is 5.97 Å². The van der Waals surface area contributed by atoms with Gasteiger partial charge in [-0.05, 0) is 25.0 Å². The van der Waals surface area contributed by atoms with Gasteiger partial charge >= 0.3 is 5.97 Å². The number of carbonyl (C=O) groups excluding carboxylic acids is 1. The lowest BCUT2D eigenvalue weighted by Gasteiger charge is -2.15. The number of aryl methyl sites for hydroxylation is 1. The number of ether oxygens (including phenoxy) is 2. The highest BCUT2D eigenvalue weighted by atomic mass is 16.6. The number of benzene rings is 1. The summed E-state index contributed by atoms with van der Waals surface area (Å²) in [5, 5.41) is 9.85. The zero-order valence-corrected chi connectivity index (χ0v) is 10.4. The lowest BCUT2D eigenvalue weighted by Crippen LogP contribution is -2.27. The Morgan fingerprint density at radius 3 is 2.76 bits per heavy atom. The fourth-order valence-corrected chi connectivity index (χ4v) is 1.58. The fraction of sp³-hybridized carbons (Fsp3) is 0.462. The molecule has 0 aliphatic heterocycles. The molecule has 0 fully saturated rings. The van der Waals surface area contributed by atoms with Crippen LogP contribution in [0.1, 0.15) is 18.1 Å². The number of carbonyl (C=O) groups is 1. The molecule has 0 aliphatic rings. The SMILES string of the molecule is CCOC(=O)C(Cc1cccc(C)c1O)OC. The largest absolute Gasteiger partial charge is 0.507 e. The molecule has 94 valence electrons. The number of phenolic OH excluding ortho intramolecular Hbond substituents is 1. The van der Waals surface area contributed by atoms with Crippen molar-refractivity contribution in [3.63, 3.8) is 0 Å². The number of hydrogen-bond donors (Lipinski definition) is 1. The van der Waals surface area contributed by atoms with E-state index in [1.54, 1.807) is 13.0 Å². The highest BCUT2D eigenvalue weighted by molar-refractivity contribution is 5.75. The Kier molecular flexibility index (Phi) is 4.97. The van der Waals surface area contributed by atoms with Gasteiger partial charge in [0.2, 0.25) is 0 Å². The monoisotopic (exact) mass is 238 g/mol. The first-order valence-corrected chi connectivity index (χ1v) is 5.57. The van der Waals surface area contributed by atoms with E-state index >= 15 is 0 Å². The Morgan fingerprint density at radius 1 is 1.47 bits per heavy atom. The highest BCUT2D eigenvalue weighted by Crippen LogP contribution is 2.23. The lowest BCUT2D eigenvalue weighted by molar-refractivity contribution is -0.154. The van der Waals surface area contributed by atoms with Crippen LogP contribution in [-0.2, 0) is 20.7 Å². The van der Waals surface area contributed by atoms with Crippen LogP contribution in [0.2, 0.25) is 0 Å². The molecule has 1 aromatic rings. The van der Waals surface area contributed by atoms with Crippen LogP contribution < -0.4 is 0 Å². The summed E-state index contributed by atoms with van der Waals surface area (Å²) in [5.41, 5.74) is 1.46. The highest BCUT2D eigenvalue weighted by Gasteiger charge is 2.21. The Hall–Kier alpha value is -1.55. The van der Waals surface area contributed by atoms with Gasteiger partial charge in [0.1, 0.15) is 5.75 Å². The predicted octanol–water partition coefficient (Wildman–Crippen LogP) is 1.82. The summed E-state index contributed by atoms with van der Waals surface area (Å²) in [4.78, 5) is 11.5. The normalized spacial score (nSPS) is 12.2. The van der Waals surface area contributed by atoms with E-state index in [1.165, 1.54) is 7.11 Å². The van der Waals surface area contributed by atoms with E-state index in [1.807, 2.05) is 19.1 Å². The van der Waals surface area contributed by atoms with Gasteiger partial charge in [0.15, 0.2) is 6.10 Å². The first-order chi connectivity index (χ1) is 8.10. The molecule has 0 aliphatic carbocycles. The van der Waals surface area contributed by atoms with Gasteiger partial charge in [-0.15, -0.1) is 0 Å². The van der Waals surface area contributed by atoms with E-state index in [4.69, 9.17) is 9.47 Å².